The van der Waals surface area contributed by atoms with Crippen molar-refractivity contribution in [2.24, 2.45) is 5.92 Å². The average Bonchev–Trinajstić information content (AvgIpc) is 2.49. The molecule has 4 aliphatic heterocycles. The lowest BCUT2D eigenvalue weighted by molar-refractivity contribution is 0.0288. The van der Waals surface area contributed by atoms with Gasteiger partial charge in [-0.05, 0) is 38.8 Å². The van der Waals surface area contributed by atoms with Crippen molar-refractivity contribution in [3.8, 4) is 0 Å². The van der Waals surface area contributed by atoms with Crippen LogP contribution in [0.25, 0.3) is 0 Å². The Labute approximate surface area is 84.0 Å². The quantitative estimate of drug-likeness (QED) is 0.587. The van der Waals surface area contributed by atoms with Gasteiger partial charge in [-0.2, -0.15) is 0 Å². The van der Waals surface area contributed by atoms with E-state index in [0.717, 1.165) is 12.5 Å². The molecular formula is C10H17NOS. The van der Waals surface area contributed by atoms with Gasteiger partial charge in [0, 0.05) is 6.54 Å². The molecule has 4 aliphatic rings. The Morgan fingerprint density at radius 1 is 1.38 bits per heavy atom. The first-order valence-electron chi connectivity index (χ1n) is 5.30. The second-order valence-electron chi connectivity index (χ2n) is 4.61. The molecule has 4 rings (SSSR count). The van der Waals surface area contributed by atoms with Crippen molar-refractivity contribution in [2.45, 2.75) is 29.9 Å². The van der Waals surface area contributed by atoms with Crippen molar-refractivity contribution >= 4 is 11.8 Å². The summed E-state index contributed by atoms with van der Waals surface area (Å²) >= 11 is 2.09. The van der Waals surface area contributed by atoms with E-state index in [4.69, 9.17) is 4.74 Å². The van der Waals surface area contributed by atoms with Crippen molar-refractivity contribution in [1.82, 2.24) is 4.90 Å². The van der Waals surface area contributed by atoms with Crippen LogP contribution in [-0.2, 0) is 4.74 Å². The van der Waals surface area contributed by atoms with E-state index in [9.17, 15) is 0 Å². The van der Waals surface area contributed by atoms with E-state index in [2.05, 4.69) is 23.6 Å². The number of ether oxygens (including phenoxy) is 1. The Bertz CT molecular complexity index is 215. The molecule has 0 aromatic carbocycles. The summed E-state index contributed by atoms with van der Waals surface area (Å²) in [5.41, 5.74) is 0.431. The topological polar surface area (TPSA) is 12.5 Å². The highest BCUT2D eigenvalue weighted by atomic mass is 32.2. The maximum absolute atomic E-state index is 5.74. The SMILES string of the molecule is C[C@H]1OC[C@]2(CN3CCC2CC3)S1. The van der Waals surface area contributed by atoms with Gasteiger partial charge in [0.05, 0.1) is 11.4 Å². The Hall–Kier alpha value is 0.270. The number of thioether (sulfide) groups is 1. The van der Waals surface area contributed by atoms with Crippen molar-refractivity contribution in [1.29, 1.82) is 0 Å². The van der Waals surface area contributed by atoms with Crippen molar-refractivity contribution in [3.63, 3.8) is 0 Å². The van der Waals surface area contributed by atoms with Crippen molar-refractivity contribution < 1.29 is 4.74 Å². The Morgan fingerprint density at radius 2 is 2.15 bits per heavy atom. The number of fused-ring (bicyclic) bond motifs is 2. The first-order chi connectivity index (χ1) is 6.28. The second kappa shape index (κ2) is 2.88. The summed E-state index contributed by atoms with van der Waals surface area (Å²) in [4.78, 5) is 2.62. The van der Waals surface area contributed by atoms with Crippen LogP contribution in [0.2, 0.25) is 0 Å². The lowest BCUT2D eigenvalue weighted by atomic mass is 9.79. The fourth-order valence-corrected chi connectivity index (χ4v) is 4.70. The van der Waals surface area contributed by atoms with Gasteiger partial charge in [-0.3, -0.25) is 0 Å². The fourth-order valence-electron chi connectivity index (χ4n) is 3.08. The van der Waals surface area contributed by atoms with E-state index in [1.54, 1.807) is 0 Å². The Morgan fingerprint density at radius 3 is 2.62 bits per heavy atom. The summed E-state index contributed by atoms with van der Waals surface area (Å²) in [6, 6.07) is 0. The third-order valence-corrected chi connectivity index (χ3v) is 5.30. The van der Waals surface area contributed by atoms with E-state index < -0.39 is 0 Å². The predicted octanol–water partition coefficient (Wildman–Crippen LogP) is 1.56. The third kappa shape index (κ3) is 1.24. The van der Waals surface area contributed by atoms with Crippen LogP contribution in [0.5, 0.6) is 0 Å². The average molecular weight is 199 g/mol. The first-order valence-corrected chi connectivity index (χ1v) is 6.18. The Balaban J connectivity index is 1.83. The van der Waals surface area contributed by atoms with Crippen LogP contribution < -0.4 is 0 Å². The molecule has 0 aliphatic carbocycles. The zero-order valence-corrected chi connectivity index (χ0v) is 8.98. The lowest BCUT2D eigenvalue weighted by Crippen LogP contribution is -2.57. The molecule has 0 aromatic rings. The van der Waals surface area contributed by atoms with E-state index in [-0.39, 0.29) is 0 Å². The maximum Gasteiger partial charge on any atom is 0.101 e. The molecule has 4 heterocycles. The molecule has 0 amide bonds. The van der Waals surface area contributed by atoms with Gasteiger partial charge in [-0.1, -0.05) is 0 Å². The molecule has 3 heteroatoms. The van der Waals surface area contributed by atoms with Gasteiger partial charge in [-0.25, -0.2) is 0 Å². The van der Waals surface area contributed by atoms with Crippen LogP contribution in [0.15, 0.2) is 0 Å². The van der Waals surface area contributed by atoms with Gasteiger partial charge in [0.2, 0.25) is 0 Å². The summed E-state index contributed by atoms with van der Waals surface area (Å²) in [6.07, 6.45) is 2.81. The molecule has 13 heavy (non-hydrogen) atoms. The van der Waals surface area contributed by atoms with Crippen LogP contribution in [0.3, 0.4) is 0 Å². The summed E-state index contributed by atoms with van der Waals surface area (Å²) in [6.45, 7) is 7.15. The molecule has 74 valence electrons. The van der Waals surface area contributed by atoms with E-state index in [1.807, 2.05) is 0 Å². The molecular weight excluding hydrogens is 182 g/mol. The molecule has 1 spiro atoms. The lowest BCUT2D eigenvalue weighted by Gasteiger charge is -2.50. The molecule has 0 N–H and O–H groups in total. The molecule has 2 bridgehead atoms. The number of hydrogen-bond acceptors (Lipinski definition) is 3. The fraction of sp³-hybridized carbons (Fsp3) is 1.00. The molecule has 4 fully saturated rings. The number of piperidine rings is 3. The van der Waals surface area contributed by atoms with Crippen molar-refractivity contribution in [3.05, 3.63) is 0 Å². The predicted molar refractivity (Wildman–Crippen MR) is 54.9 cm³/mol. The molecule has 0 radical (unpaired) electrons. The van der Waals surface area contributed by atoms with Gasteiger partial charge in [0.15, 0.2) is 0 Å². The smallest absolute Gasteiger partial charge is 0.101 e. The molecule has 0 aromatic heterocycles. The standard InChI is InChI=1S/C10H17NOS/c1-8-12-7-10(13-8)6-11-4-2-9(10)3-5-11/h8-9H,2-7H2,1H3/t8-,10-/m0/s1. The number of nitrogens with zero attached hydrogens (tertiary/aromatic N) is 1. The van der Waals surface area contributed by atoms with Crippen LogP contribution in [0, 0.1) is 5.92 Å². The third-order valence-electron chi connectivity index (χ3n) is 3.79. The molecule has 0 unspecified atom stereocenters. The van der Waals surface area contributed by atoms with Crippen molar-refractivity contribution in [2.75, 3.05) is 26.2 Å². The minimum Gasteiger partial charge on any atom is -0.366 e. The summed E-state index contributed by atoms with van der Waals surface area (Å²) < 4.78 is 6.22. The Kier molecular flexibility index (Phi) is 1.90. The number of hydrogen-bond donors (Lipinski definition) is 0. The molecule has 4 saturated heterocycles. The minimum atomic E-state index is 0.431. The second-order valence-corrected chi connectivity index (χ2v) is 6.32. The van der Waals surface area contributed by atoms with Crippen LogP contribution in [-0.4, -0.2) is 41.3 Å². The van der Waals surface area contributed by atoms with Gasteiger partial charge in [0.25, 0.3) is 0 Å². The van der Waals surface area contributed by atoms with Gasteiger partial charge in [-0.15, -0.1) is 11.8 Å². The van der Waals surface area contributed by atoms with E-state index in [0.29, 0.717) is 10.2 Å². The van der Waals surface area contributed by atoms with Crippen LogP contribution >= 0.6 is 11.8 Å². The summed E-state index contributed by atoms with van der Waals surface area (Å²) in [5, 5.41) is 0. The zero-order chi connectivity index (χ0) is 8.89. The van der Waals surface area contributed by atoms with Gasteiger partial charge >= 0.3 is 0 Å². The molecule has 2 atom stereocenters. The summed E-state index contributed by atoms with van der Waals surface area (Å²) in [7, 11) is 0. The minimum absolute atomic E-state index is 0.431. The maximum atomic E-state index is 5.74. The molecule has 0 saturated carbocycles. The monoisotopic (exact) mass is 199 g/mol. The normalized spacial score (nSPS) is 54.7. The van der Waals surface area contributed by atoms with E-state index in [1.165, 1.54) is 32.5 Å². The summed E-state index contributed by atoms with van der Waals surface area (Å²) in [5.74, 6) is 0.937. The highest BCUT2D eigenvalue weighted by Gasteiger charge is 2.51. The van der Waals surface area contributed by atoms with Crippen LogP contribution in [0.4, 0.5) is 0 Å². The number of rotatable bonds is 0. The van der Waals surface area contributed by atoms with E-state index >= 15 is 0 Å². The van der Waals surface area contributed by atoms with Gasteiger partial charge in [0.1, 0.15) is 5.44 Å². The molecule has 2 nitrogen and oxygen atoms in total. The highest BCUT2D eigenvalue weighted by Crippen LogP contribution is 2.50. The van der Waals surface area contributed by atoms with Crippen LogP contribution in [0.1, 0.15) is 19.8 Å². The zero-order valence-electron chi connectivity index (χ0n) is 8.16. The largest absolute Gasteiger partial charge is 0.366 e. The first kappa shape index (κ1) is 8.57. The highest BCUT2D eigenvalue weighted by molar-refractivity contribution is 8.01. The van der Waals surface area contributed by atoms with Gasteiger partial charge < -0.3 is 9.64 Å².